The van der Waals surface area contributed by atoms with Crippen LogP contribution in [0.3, 0.4) is 0 Å². The van der Waals surface area contributed by atoms with Crippen LogP contribution in [0.5, 0.6) is 5.75 Å². The largest absolute Gasteiger partial charge is 0.493 e. The van der Waals surface area contributed by atoms with Crippen molar-refractivity contribution in [2.75, 3.05) is 39.8 Å². The van der Waals surface area contributed by atoms with Crippen molar-refractivity contribution >= 4 is 5.57 Å². The highest BCUT2D eigenvalue weighted by Crippen LogP contribution is 2.66. The first-order valence-corrected chi connectivity index (χ1v) is 33.2. The number of para-hydroxylation sites is 1. The molecule has 4 bridgehead atoms. The van der Waals surface area contributed by atoms with Gasteiger partial charge in [-0.3, -0.25) is 14.8 Å². The lowest BCUT2D eigenvalue weighted by Crippen LogP contribution is -2.40. The van der Waals surface area contributed by atoms with E-state index in [1.54, 1.807) is 44.6 Å². The van der Waals surface area contributed by atoms with E-state index in [0.29, 0.717) is 10.8 Å². The Morgan fingerprint density at radius 1 is 0.590 bits per heavy atom. The zero-order valence-corrected chi connectivity index (χ0v) is 56.7. The number of nitrogens with zero attached hydrogens (tertiary/aromatic N) is 4. The minimum atomic E-state index is 0.492. The molecule has 4 saturated heterocycles. The van der Waals surface area contributed by atoms with E-state index in [1.165, 1.54) is 155 Å². The average molecular weight is 1130 g/mol. The molecule has 3 saturated carbocycles. The molecular formula is C78H120N4O. The fourth-order valence-corrected chi connectivity index (χ4v) is 15.8. The van der Waals surface area contributed by atoms with E-state index in [-0.39, 0.29) is 0 Å². The summed E-state index contributed by atoms with van der Waals surface area (Å²) in [5, 5.41) is 0. The Kier molecular flexibility index (Phi) is 26.1. The standard InChI is InChI=1S/C17H23N.C14H20N2.C13H22.C13H24.C12H14O.C9H17N/c1-13(2)15-10-16-8-9-17(11-15)18(16)12-14-6-4-3-5-7-14;1-12(2)13-6-9-16(10-7-13)11-14-5-3-4-8-15-14;1-9(2)11-12(3,4)10-6-7-13(11,5)8-10;1-9(2)12-7-6-11(5)8-13(12)10(3)4;1-9(2)10-7-8-13-12-6-4-3-5-11(10)12;1-8(2)9-4-6-10(3)7-5-9/h3-7,16-17H,8-12H2,1-2H3;3-5,8H,6-7,9-11H2,1-2H3;10H,6-8H2,1-5H3;9,11-12H,6-8H2,1-5H3;3-6H,7-8H2,1-2H3;4-7H2,1-3H3/t16-,17+;;10-,13+;11-,12+;;/m..01../s1. The normalized spacial score (nSPS) is 25.3. The van der Waals surface area contributed by atoms with Crippen molar-refractivity contribution in [1.29, 1.82) is 0 Å². The number of benzene rings is 2. The Labute approximate surface area is 510 Å². The summed E-state index contributed by atoms with van der Waals surface area (Å²) in [4.78, 5) is 12.0. The summed E-state index contributed by atoms with van der Waals surface area (Å²) < 4.78 is 5.57. The number of hydrogen-bond donors (Lipinski definition) is 0. The first-order chi connectivity index (χ1) is 39.4. The number of ether oxygens (including phenoxy) is 1. The topological polar surface area (TPSA) is 31.8 Å². The van der Waals surface area contributed by atoms with Gasteiger partial charge in [0.05, 0.1) is 12.3 Å². The minimum absolute atomic E-state index is 0.492. The third-order valence-corrected chi connectivity index (χ3v) is 20.6. The molecule has 0 unspecified atom stereocenters. The number of piperidine rings is 3. The van der Waals surface area contributed by atoms with Crippen LogP contribution in [0.1, 0.15) is 238 Å². The molecule has 6 heterocycles. The van der Waals surface area contributed by atoms with Gasteiger partial charge in [0.25, 0.3) is 0 Å². The molecule has 0 amide bonds. The quantitative estimate of drug-likeness (QED) is 0.238. The lowest BCUT2D eigenvalue weighted by Gasteiger charge is -2.38. The van der Waals surface area contributed by atoms with Gasteiger partial charge in [-0.05, 0) is 244 Å². The number of allylic oxidation sites excluding steroid dienone is 8. The van der Waals surface area contributed by atoms with Gasteiger partial charge in [-0.2, -0.15) is 0 Å². The van der Waals surface area contributed by atoms with E-state index >= 15 is 0 Å². The highest BCUT2D eigenvalue weighted by molar-refractivity contribution is 5.73. The number of hydrogen-bond acceptors (Lipinski definition) is 5. The van der Waals surface area contributed by atoms with Crippen LogP contribution in [-0.2, 0) is 13.1 Å². The first-order valence-electron chi connectivity index (χ1n) is 33.2. The van der Waals surface area contributed by atoms with Crippen LogP contribution in [0.4, 0.5) is 0 Å². The predicted octanol–water partition coefficient (Wildman–Crippen LogP) is 21.1. The second kappa shape index (κ2) is 31.9. The first kappa shape index (κ1) is 67.8. The molecule has 83 heavy (non-hydrogen) atoms. The maximum Gasteiger partial charge on any atom is 0.126 e. The molecule has 5 aliphatic heterocycles. The summed E-state index contributed by atoms with van der Waals surface area (Å²) in [5.41, 5.74) is 24.2. The summed E-state index contributed by atoms with van der Waals surface area (Å²) in [5.74, 6) is 4.62. The molecule has 1 aromatic heterocycles. The van der Waals surface area contributed by atoms with Gasteiger partial charge in [-0.15, -0.1) is 0 Å². The van der Waals surface area contributed by atoms with Gasteiger partial charge in [0.15, 0.2) is 0 Å². The summed E-state index contributed by atoms with van der Waals surface area (Å²) in [6, 6.07) is 26.9. The number of fused-ring (bicyclic) bond motifs is 5. The average Bonchev–Trinajstić information content (AvgIpc) is 1.90. The third kappa shape index (κ3) is 19.4. The van der Waals surface area contributed by atoms with E-state index in [0.717, 1.165) is 67.6 Å². The van der Waals surface area contributed by atoms with Crippen LogP contribution in [0.25, 0.3) is 5.57 Å². The van der Waals surface area contributed by atoms with Crippen molar-refractivity contribution in [2.45, 2.75) is 246 Å². The molecule has 3 aromatic rings. The van der Waals surface area contributed by atoms with E-state index in [2.05, 4.69) is 206 Å². The van der Waals surface area contributed by atoms with Crippen LogP contribution < -0.4 is 4.74 Å². The van der Waals surface area contributed by atoms with E-state index < -0.39 is 0 Å². The highest BCUT2D eigenvalue weighted by Gasteiger charge is 2.55. The van der Waals surface area contributed by atoms with Crippen molar-refractivity contribution < 1.29 is 4.74 Å². The minimum Gasteiger partial charge on any atom is -0.493 e. The Balaban J connectivity index is 0.000000161. The van der Waals surface area contributed by atoms with Crippen LogP contribution >= 0.6 is 0 Å². The van der Waals surface area contributed by atoms with Gasteiger partial charge < -0.3 is 9.64 Å². The van der Waals surface area contributed by atoms with Crippen molar-refractivity contribution in [3.8, 4) is 5.75 Å². The molecule has 458 valence electrons. The smallest absolute Gasteiger partial charge is 0.126 e. The molecule has 5 nitrogen and oxygen atoms in total. The lowest BCUT2D eigenvalue weighted by molar-refractivity contribution is 0.156. The molecule has 0 N–H and O–H groups in total. The van der Waals surface area contributed by atoms with Crippen LogP contribution in [0.15, 0.2) is 140 Å². The number of pyridine rings is 1. The molecule has 0 radical (unpaired) electrons. The maximum absolute atomic E-state index is 5.57. The monoisotopic (exact) mass is 1130 g/mol. The van der Waals surface area contributed by atoms with Gasteiger partial charge in [-0.25, -0.2) is 0 Å². The van der Waals surface area contributed by atoms with Crippen molar-refractivity contribution in [1.82, 2.24) is 19.7 Å². The summed E-state index contributed by atoms with van der Waals surface area (Å²) in [7, 11) is 2.20. The lowest BCUT2D eigenvalue weighted by atomic mass is 9.67. The summed E-state index contributed by atoms with van der Waals surface area (Å²) in [6.45, 7) is 49.2. The maximum atomic E-state index is 5.57. The fourth-order valence-electron chi connectivity index (χ4n) is 15.8. The van der Waals surface area contributed by atoms with Gasteiger partial charge >= 0.3 is 0 Å². The molecule has 5 heteroatoms. The van der Waals surface area contributed by atoms with E-state index in [1.807, 2.05) is 24.4 Å². The molecule has 3 aliphatic carbocycles. The zero-order chi connectivity index (χ0) is 60.6. The molecule has 2 aromatic carbocycles. The van der Waals surface area contributed by atoms with Gasteiger partial charge in [0, 0.05) is 69.5 Å². The van der Waals surface area contributed by atoms with E-state index in [9.17, 15) is 0 Å². The molecule has 0 spiro atoms. The highest BCUT2D eigenvalue weighted by atomic mass is 16.5. The van der Waals surface area contributed by atoms with Crippen molar-refractivity contribution in [2.24, 2.45) is 34.5 Å². The van der Waals surface area contributed by atoms with E-state index in [4.69, 9.17) is 4.74 Å². The van der Waals surface area contributed by atoms with Crippen molar-refractivity contribution in [3.63, 3.8) is 0 Å². The Bertz CT molecular complexity index is 2660. The number of likely N-dealkylation sites (tertiary alicyclic amines) is 2. The van der Waals surface area contributed by atoms with Crippen molar-refractivity contribution in [3.05, 3.63) is 157 Å². The zero-order valence-electron chi connectivity index (χ0n) is 56.7. The Morgan fingerprint density at radius 3 is 1.67 bits per heavy atom. The van der Waals surface area contributed by atoms with Crippen LogP contribution in [0.2, 0.25) is 0 Å². The molecule has 7 fully saturated rings. The molecular weight excluding hydrogens is 1010 g/mol. The SMILES string of the molecule is CC(C)=C1C(C)(C)[C@H]2CC[C@]1(C)C2.CC(C)=C1CCN(C)CC1.CC(C)=C1CCN(Cc2ccccn2)CC1.CC(C)=C1CCOc2ccccc21.CC(C)=C1C[C@H](C)CC[C@H]1C(C)C.CC(C)=C1C[C@H]2CC[C@@H](C1)N2Cc1ccccc1. The Hall–Kier alpha value is -4.29. The van der Waals surface area contributed by atoms with Gasteiger partial charge in [-0.1, -0.05) is 157 Å². The van der Waals surface area contributed by atoms with Gasteiger partial charge in [0.1, 0.15) is 5.75 Å². The van der Waals surface area contributed by atoms with Crippen LogP contribution in [0, 0.1) is 34.5 Å². The third-order valence-electron chi connectivity index (χ3n) is 20.6. The second-order valence-corrected chi connectivity index (χ2v) is 29.1. The fraction of sp³-hybridized carbons (Fsp3) is 0.628. The molecule has 11 rings (SSSR count). The second-order valence-electron chi connectivity index (χ2n) is 29.1. The number of rotatable bonds is 5. The van der Waals surface area contributed by atoms with Gasteiger partial charge in [0.2, 0.25) is 0 Å². The summed E-state index contributed by atoms with van der Waals surface area (Å²) >= 11 is 0. The predicted molar refractivity (Wildman–Crippen MR) is 361 cm³/mol. The van der Waals surface area contributed by atoms with Crippen LogP contribution in [-0.4, -0.2) is 71.6 Å². The number of aromatic nitrogens is 1. The molecule has 8 aliphatic rings. The molecule has 6 atom stereocenters. The Morgan fingerprint density at radius 2 is 1.17 bits per heavy atom. The summed E-state index contributed by atoms with van der Waals surface area (Å²) in [6.07, 6.45) is 21.9.